The van der Waals surface area contributed by atoms with Crippen molar-refractivity contribution in [2.75, 3.05) is 19.7 Å². The Morgan fingerprint density at radius 3 is 2.60 bits per heavy atom. The number of nitrogens with zero attached hydrogens (tertiary/aromatic N) is 2. The molecule has 0 N–H and O–H groups in total. The lowest BCUT2D eigenvalue weighted by molar-refractivity contribution is -0.148. The Bertz CT molecular complexity index is 725. The molecule has 1 saturated heterocycles. The van der Waals surface area contributed by atoms with E-state index in [-0.39, 0.29) is 12.5 Å². The predicted molar refractivity (Wildman–Crippen MR) is 93.7 cm³/mol. The molecule has 25 heavy (non-hydrogen) atoms. The summed E-state index contributed by atoms with van der Waals surface area (Å²) in [6, 6.07) is 7.35. The van der Waals surface area contributed by atoms with Crippen molar-refractivity contribution >= 4 is 29.1 Å². The second-order valence-electron chi connectivity index (χ2n) is 6.11. The van der Waals surface area contributed by atoms with Gasteiger partial charge < -0.3 is 14.1 Å². The lowest BCUT2D eigenvalue weighted by Crippen LogP contribution is -2.36. The van der Waals surface area contributed by atoms with Crippen molar-refractivity contribution in [3.8, 4) is 0 Å². The van der Waals surface area contributed by atoms with Gasteiger partial charge in [0.2, 0.25) is 5.89 Å². The number of hydrogen-bond acceptors (Lipinski definition) is 5. The van der Waals surface area contributed by atoms with E-state index in [4.69, 9.17) is 9.15 Å². The summed E-state index contributed by atoms with van der Waals surface area (Å²) in [7, 11) is 0. The predicted octanol–water partition coefficient (Wildman–Crippen LogP) is 3.18. The van der Waals surface area contributed by atoms with Gasteiger partial charge in [0.25, 0.3) is 5.91 Å². The van der Waals surface area contributed by atoms with E-state index in [0.717, 1.165) is 44.3 Å². The van der Waals surface area contributed by atoms with Gasteiger partial charge in [-0.3, -0.25) is 4.79 Å². The van der Waals surface area contributed by atoms with E-state index in [1.54, 1.807) is 11.0 Å². The summed E-state index contributed by atoms with van der Waals surface area (Å²) in [5, 5.41) is 0. The highest BCUT2D eigenvalue weighted by atomic mass is 16.5. The zero-order valence-electron chi connectivity index (χ0n) is 14.1. The number of ether oxygens (including phenoxy) is 1. The smallest absolute Gasteiger partial charge is 0.331 e. The maximum atomic E-state index is 12.2. The van der Waals surface area contributed by atoms with Crippen LogP contribution in [0, 0.1) is 0 Å². The van der Waals surface area contributed by atoms with Crippen molar-refractivity contribution in [2.24, 2.45) is 0 Å². The van der Waals surface area contributed by atoms with E-state index in [0.29, 0.717) is 11.5 Å². The minimum Gasteiger partial charge on any atom is -0.452 e. The van der Waals surface area contributed by atoms with Crippen molar-refractivity contribution in [2.45, 2.75) is 32.1 Å². The van der Waals surface area contributed by atoms with Gasteiger partial charge in [-0.05, 0) is 25.0 Å². The molecule has 0 aliphatic carbocycles. The highest BCUT2D eigenvalue weighted by Crippen LogP contribution is 2.15. The molecule has 1 aromatic carbocycles. The number of rotatable bonds is 4. The molecule has 1 aromatic heterocycles. The van der Waals surface area contributed by atoms with Crippen LogP contribution in [0.1, 0.15) is 38.0 Å². The first-order chi connectivity index (χ1) is 12.2. The second kappa shape index (κ2) is 8.46. The quantitative estimate of drug-likeness (QED) is 0.630. The molecule has 3 rings (SSSR count). The number of aromatic nitrogens is 1. The Kier molecular flexibility index (Phi) is 5.82. The Labute approximate surface area is 146 Å². The van der Waals surface area contributed by atoms with Crippen LogP contribution < -0.4 is 0 Å². The maximum Gasteiger partial charge on any atom is 0.331 e. The molecular weight excluding hydrogens is 320 g/mol. The number of carbonyl (C=O) groups excluding carboxylic acids is 2. The molecule has 0 unspecified atom stereocenters. The third-order valence-electron chi connectivity index (χ3n) is 4.22. The van der Waals surface area contributed by atoms with E-state index in [9.17, 15) is 9.59 Å². The topological polar surface area (TPSA) is 72.6 Å². The van der Waals surface area contributed by atoms with Crippen LogP contribution in [0.2, 0.25) is 0 Å². The Balaban J connectivity index is 1.49. The van der Waals surface area contributed by atoms with Gasteiger partial charge in [-0.15, -0.1) is 0 Å². The van der Waals surface area contributed by atoms with Crippen LogP contribution >= 0.6 is 0 Å². The fourth-order valence-corrected chi connectivity index (χ4v) is 2.87. The summed E-state index contributed by atoms with van der Waals surface area (Å²) in [5.74, 6) is -0.388. The third-order valence-corrected chi connectivity index (χ3v) is 4.22. The van der Waals surface area contributed by atoms with Crippen LogP contribution in [-0.2, 0) is 14.3 Å². The minimum atomic E-state index is -0.581. The molecule has 132 valence electrons. The molecule has 0 bridgehead atoms. The van der Waals surface area contributed by atoms with E-state index in [2.05, 4.69) is 4.98 Å². The molecule has 0 saturated carbocycles. The molecule has 6 heteroatoms. The van der Waals surface area contributed by atoms with Crippen molar-refractivity contribution in [3.05, 3.63) is 36.2 Å². The minimum absolute atomic E-state index is 0.134. The Morgan fingerprint density at radius 2 is 1.84 bits per heavy atom. The number of oxazole rings is 1. The number of fused-ring (bicyclic) bond motifs is 1. The first-order valence-corrected chi connectivity index (χ1v) is 8.70. The van der Waals surface area contributed by atoms with E-state index >= 15 is 0 Å². The third kappa shape index (κ3) is 4.92. The lowest BCUT2D eigenvalue weighted by Gasteiger charge is -2.24. The number of likely N-dealkylation sites (tertiary alicyclic amines) is 1. The van der Waals surface area contributed by atoms with Crippen molar-refractivity contribution < 1.29 is 18.7 Å². The molecule has 2 aromatic rings. The first-order valence-electron chi connectivity index (χ1n) is 8.70. The van der Waals surface area contributed by atoms with Crippen LogP contribution in [0.4, 0.5) is 0 Å². The normalized spacial score (nSPS) is 15.9. The first kappa shape index (κ1) is 17.2. The molecule has 1 aliphatic rings. The standard InChI is InChI=1S/C19H22N2O4/c22-18(21-12-6-2-1-3-7-13-21)14-24-19(23)11-10-17-20-15-8-4-5-9-16(15)25-17/h4-5,8-11H,1-3,6-7,12-14H2/b11-10+. The lowest BCUT2D eigenvalue weighted by atomic mass is 10.1. The largest absolute Gasteiger partial charge is 0.452 e. The molecule has 0 spiro atoms. The van der Waals surface area contributed by atoms with Gasteiger partial charge in [0, 0.05) is 25.2 Å². The van der Waals surface area contributed by atoms with Crippen LogP contribution in [0.15, 0.2) is 34.8 Å². The molecule has 1 fully saturated rings. The number of carbonyl (C=O) groups is 2. The molecular formula is C19H22N2O4. The van der Waals surface area contributed by atoms with Gasteiger partial charge in [0.1, 0.15) is 5.52 Å². The average Bonchev–Trinajstić information content (AvgIpc) is 3.00. The van der Waals surface area contributed by atoms with Crippen molar-refractivity contribution in [1.29, 1.82) is 0 Å². The number of esters is 1. The molecule has 0 atom stereocenters. The van der Waals surface area contributed by atoms with Gasteiger partial charge in [-0.25, -0.2) is 9.78 Å². The van der Waals surface area contributed by atoms with Gasteiger partial charge in [-0.1, -0.05) is 31.4 Å². The summed E-state index contributed by atoms with van der Waals surface area (Å²) in [6.07, 6.45) is 8.23. The van der Waals surface area contributed by atoms with E-state index < -0.39 is 5.97 Å². The average molecular weight is 342 g/mol. The van der Waals surface area contributed by atoms with Crippen molar-refractivity contribution in [1.82, 2.24) is 9.88 Å². The monoisotopic (exact) mass is 342 g/mol. The summed E-state index contributed by atoms with van der Waals surface area (Å²) in [5.41, 5.74) is 1.38. The highest BCUT2D eigenvalue weighted by molar-refractivity contribution is 5.89. The molecule has 1 amide bonds. The van der Waals surface area contributed by atoms with Crippen molar-refractivity contribution in [3.63, 3.8) is 0 Å². The highest BCUT2D eigenvalue weighted by Gasteiger charge is 2.16. The van der Waals surface area contributed by atoms with Crippen LogP contribution in [0.3, 0.4) is 0 Å². The van der Waals surface area contributed by atoms with E-state index in [1.165, 1.54) is 18.6 Å². The Morgan fingerprint density at radius 1 is 1.12 bits per heavy atom. The van der Waals surface area contributed by atoms with Gasteiger partial charge >= 0.3 is 5.97 Å². The van der Waals surface area contributed by atoms with Crippen LogP contribution in [0.5, 0.6) is 0 Å². The zero-order chi connectivity index (χ0) is 17.5. The van der Waals surface area contributed by atoms with Gasteiger partial charge in [0.05, 0.1) is 0 Å². The number of hydrogen-bond donors (Lipinski definition) is 0. The summed E-state index contributed by atoms with van der Waals surface area (Å²) < 4.78 is 10.5. The van der Waals surface area contributed by atoms with Gasteiger partial charge in [-0.2, -0.15) is 0 Å². The molecule has 2 heterocycles. The molecule has 6 nitrogen and oxygen atoms in total. The fourth-order valence-electron chi connectivity index (χ4n) is 2.87. The second-order valence-corrected chi connectivity index (χ2v) is 6.11. The summed E-state index contributed by atoms with van der Waals surface area (Å²) >= 11 is 0. The SMILES string of the molecule is O=C(/C=C/c1nc2ccccc2o1)OCC(=O)N1CCCCCCC1. The van der Waals surface area contributed by atoms with Crippen LogP contribution in [0.25, 0.3) is 17.2 Å². The zero-order valence-corrected chi connectivity index (χ0v) is 14.1. The van der Waals surface area contributed by atoms with Crippen LogP contribution in [-0.4, -0.2) is 41.5 Å². The number of amides is 1. The summed E-state index contributed by atoms with van der Waals surface area (Å²) in [4.78, 5) is 30.0. The number of para-hydroxylation sites is 2. The summed E-state index contributed by atoms with van der Waals surface area (Å²) in [6.45, 7) is 1.26. The number of benzene rings is 1. The molecule has 0 radical (unpaired) electrons. The van der Waals surface area contributed by atoms with Gasteiger partial charge in [0.15, 0.2) is 12.2 Å². The fraction of sp³-hybridized carbons (Fsp3) is 0.421. The molecule has 1 aliphatic heterocycles. The van der Waals surface area contributed by atoms with E-state index in [1.807, 2.05) is 18.2 Å². The maximum absolute atomic E-state index is 12.2. The Hall–Kier alpha value is -2.63.